The molecule has 0 bridgehead atoms. The number of aryl methyl sites for hydroxylation is 1. The Balaban J connectivity index is 2.17. The van der Waals surface area contributed by atoms with Crippen LogP contribution in [0.1, 0.15) is 69.2 Å². The van der Waals surface area contributed by atoms with Crippen molar-refractivity contribution in [1.29, 1.82) is 0 Å². The van der Waals surface area contributed by atoms with Crippen molar-refractivity contribution in [3.05, 3.63) is 22.7 Å². The summed E-state index contributed by atoms with van der Waals surface area (Å²) >= 11 is 6.02. The van der Waals surface area contributed by atoms with Crippen LogP contribution >= 0.6 is 11.6 Å². The van der Waals surface area contributed by atoms with E-state index in [2.05, 4.69) is 23.0 Å². The quantitative estimate of drug-likeness (QED) is 0.584. The number of halogens is 1. The summed E-state index contributed by atoms with van der Waals surface area (Å²) in [6.07, 6.45) is 10.0. The van der Waals surface area contributed by atoms with Crippen LogP contribution < -0.4 is 0 Å². The first-order valence-electron chi connectivity index (χ1n) is 6.83. The van der Waals surface area contributed by atoms with Gasteiger partial charge in [-0.15, -0.1) is 0 Å². The van der Waals surface area contributed by atoms with Crippen LogP contribution in [-0.4, -0.2) is 9.97 Å². The second-order valence-electron chi connectivity index (χ2n) is 4.99. The standard InChI is InChI=1S/C14H21ClN2/c1-2-7-12-10-13(17-14(15)16-12)11-8-5-3-4-6-9-11/h10-11H,2-9H2,1H3. The van der Waals surface area contributed by atoms with Crippen LogP contribution in [0.3, 0.4) is 0 Å². The van der Waals surface area contributed by atoms with Crippen molar-refractivity contribution >= 4 is 11.6 Å². The molecule has 1 aromatic heterocycles. The van der Waals surface area contributed by atoms with Crippen LogP contribution in [0.4, 0.5) is 0 Å². The minimum Gasteiger partial charge on any atom is -0.223 e. The summed E-state index contributed by atoms with van der Waals surface area (Å²) in [6.45, 7) is 2.17. The van der Waals surface area contributed by atoms with E-state index in [4.69, 9.17) is 11.6 Å². The highest BCUT2D eigenvalue weighted by Crippen LogP contribution is 2.31. The van der Waals surface area contributed by atoms with Gasteiger partial charge in [-0.05, 0) is 36.9 Å². The van der Waals surface area contributed by atoms with Gasteiger partial charge in [0.15, 0.2) is 0 Å². The van der Waals surface area contributed by atoms with E-state index in [9.17, 15) is 0 Å². The molecule has 1 aliphatic carbocycles. The predicted molar refractivity (Wildman–Crippen MR) is 71.5 cm³/mol. The fourth-order valence-electron chi connectivity index (χ4n) is 2.65. The van der Waals surface area contributed by atoms with Crippen molar-refractivity contribution in [2.75, 3.05) is 0 Å². The van der Waals surface area contributed by atoms with E-state index in [-0.39, 0.29) is 0 Å². The Hall–Kier alpha value is -0.630. The first-order valence-corrected chi connectivity index (χ1v) is 7.20. The molecule has 0 aliphatic heterocycles. The highest BCUT2D eigenvalue weighted by Gasteiger charge is 2.17. The van der Waals surface area contributed by atoms with E-state index in [1.165, 1.54) is 44.2 Å². The Morgan fingerprint density at radius 3 is 2.53 bits per heavy atom. The lowest BCUT2D eigenvalue weighted by molar-refractivity contribution is 0.574. The van der Waals surface area contributed by atoms with Gasteiger partial charge in [0.2, 0.25) is 5.28 Å². The second-order valence-corrected chi connectivity index (χ2v) is 5.33. The molecule has 0 N–H and O–H groups in total. The minimum absolute atomic E-state index is 0.426. The normalized spacial score (nSPS) is 18.0. The molecule has 0 spiro atoms. The molecule has 1 heterocycles. The van der Waals surface area contributed by atoms with Gasteiger partial charge in [0.1, 0.15) is 0 Å². The number of hydrogen-bond acceptors (Lipinski definition) is 2. The molecule has 0 unspecified atom stereocenters. The van der Waals surface area contributed by atoms with E-state index in [1.807, 2.05) is 0 Å². The van der Waals surface area contributed by atoms with Gasteiger partial charge in [-0.1, -0.05) is 39.0 Å². The lowest BCUT2D eigenvalue weighted by atomic mass is 9.95. The molecule has 2 rings (SSSR count). The third-order valence-electron chi connectivity index (χ3n) is 3.55. The van der Waals surface area contributed by atoms with E-state index >= 15 is 0 Å². The zero-order valence-electron chi connectivity index (χ0n) is 10.6. The zero-order valence-corrected chi connectivity index (χ0v) is 11.3. The molecule has 3 heteroatoms. The zero-order chi connectivity index (χ0) is 12.1. The lowest BCUT2D eigenvalue weighted by Crippen LogP contribution is -2.04. The predicted octanol–water partition coefficient (Wildman–Crippen LogP) is 4.52. The van der Waals surface area contributed by atoms with Gasteiger partial charge in [-0.2, -0.15) is 0 Å². The van der Waals surface area contributed by atoms with E-state index in [0.29, 0.717) is 11.2 Å². The van der Waals surface area contributed by atoms with Gasteiger partial charge in [0, 0.05) is 17.3 Å². The first kappa shape index (κ1) is 12.8. The number of nitrogens with zero attached hydrogens (tertiary/aromatic N) is 2. The van der Waals surface area contributed by atoms with Crippen LogP contribution in [0.5, 0.6) is 0 Å². The SMILES string of the molecule is CCCc1cc(C2CCCCCC2)nc(Cl)n1. The van der Waals surface area contributed by atoms with Gasteiger partial charge in [0.25, 0.3) is 0 Å². The van der Waals surface area contributed by atoms with Gasteiger partial charge < -0.3 is 0 Å². The molecule has 94 valence electrons. The molecular weight excluding hydrogens is 232 g/mol. The molecule has 0 radical (unpaired) electrons. The summed E-state index contributed by atoms with van der Waals surface area (Å²) in [5.41, 5.74) is 2.28. The Morgan fingerprint density at radius 1 is 1.18 bits per heavy atom. The van der Waals surface area contributed by atoms with Crippen molar-refractivity contribution in [3.8, 4) is 0 Å². The van der Waals surface area contributed by atoms with Crippen LogP contribution in [0.25, 0.3) is 0 Å². The molecule has 0 atom stereocenters. The Labute approximate surface area is 109 Å². The third-order valence-corrected chi connectivity index (χ3v) is 3.72. The number of rotatable bonds is 3. The summed E-state index contributed by atoms with van der Waals surface area (Å²) in [5, 5.41) is 0.426. The molecule has 1 saturated carbocycles. The molecule has 1 fully saturated rings. The fourth-order valence-corrected chi connectivity index (χ4v) is 2.86. The summed E-state index contributed by atoms with van der Waals surface area (Å²) in [7, 11) is 0. The third kappa shape index (κ3) is 3.67. The Kier molecular flexibility index (Phi) is 4.78. The average Bonchev–Trinajstić information content (AvgIpc) is 2.57. The van der Waals surface area contributed by atoms with Crippen LogP contribution in [-0.2, 0) is 6.42 Å². The molecule has 0 amide bonds. The molecule has 0 aromatic carbocycles. The van der Waals surface area contributed by atoms with Crippen LogP contribution in [0, 0.1) is 0 Å². The van der Waals surface area contributed by atoms with Crippen LogP contribution in [0.2, 0.25) is 5.28 Å². The summed E-state index contributed by atoms with van der Waals surface area (Å²) in [5.74, 6) is 0.605. The van der Waals surface area contributed by atoms with Crippen molar-refractivity contribution in [2.24, 2.45) is 0 Å². The molecule has 1 aromatic rings. The smallest absolute Gasteiger partial charge is 0.222 e. The van der Waals surface area contributed by atoms with Crippen molar-refractivity contribution < 1.29 is 0 Å². The topological polar surface area (TPSA) is 25.8 Å². The van der Waals surface area contributed by atoms with Gasteiger partial charge >= 0.3 is 0 Å². The van der Waals surface area contributed by atoms with Gasteiger partial charge in [-0.3, -0.25) is 0 Å². The maximum atomic E-state index is 6.02. The molecule has 2 nitrogen and oxygen atoms in total. The monoisotopic (exact) mass is 252 g/mol. The van der Waals surface area contributed by atoms with Gasteiger partial charge in [0.05, 0.1) is 0 Å². The highest BCUT2D eigenvalue weighted by atomic mass is 35.5. The van der Waals surface area contributed by atoms with E-state index < -0.39 is 0 Å². The average molecular weight is 253 g/mol. The maximum Gasteiger partial charge on any atom is 0.222 e. The van der Waals surface area contributed by atoms with Crippen molar-refractivity contribution in [3.63, 3.8) is 0 Å². The molecule has 0 saturated heterocycles. The molecule has 1 aliphatic rings. The summed E-state index contributed by atoms with van der Waals surface area (Å²) in [4.78, 5) is 8.73. The van der Waals surface area contributed by atoms with E-state index in [0.717, 1.165) is 18.5 Å². The highest BCUT2D eigenvalue weighted by molar-refractivity contribution is 6.28. The molecular formula is C14H21ClN2. The minimum atomic E-state index is 0.426. The van der Waals surface area contributed by atoms with Gasteiger partial charge in [-0.25, -0.2) is 9.97 Å². The Bertz CT molecular complexity index is 357. The van der Waals surface area contributed by atoms with Crippen LogP contribution in [0.15, 0.2) is 6.07 Å². The lowest BCUT2D eigenvalue weighted by Gasteiger charge is -2.14. The number of aromatic nitrogens is 2. The maximum absolute atomic E-state index is 6.02. The largest absolute Gasteiger partial charge is 0.223 e. The first-order chi connectivity index (χ1) is 8.29. The second kappa shape index (κ2) is 6.34. The molecule has 17 heavy (non-hydrogen) atoms. The fraction of sp³-hybridized carbons (Fsp3) is 0.714. The summed E-state index contributed by atoms with van der Waals surface area (Å²) < 4.78 is 0. The van der Waals surface area contributed by atoms with E-state index in [1.54, 1.807) is 0 Å². The number of hydrogen-bond donors (Lipinski definition) is 0. The Morgan fingerprint density at radius 2 is 1.88 bits per heavy atom. The summed E-state index contributed by atoms with van der Waals surface area (Å²) in [6, 6.07) is 2.17. The van der Waals surface area contributed by atoms with Crippen molar-refractivity contribution in [2.45, 2.75) is 64.2 Å². The van der Waals surface area contributed by atoms with Crippen molar-refractivity contribution in [1.82, 2.24) is 9.97 Å².